The second-order valence-corrected chi connectivity index (χ2v) is 9.57. The minimum atomic E-state index is -1.31. The summed E-state index contributed by atoms with van der Waals surface area (Å²) >= 11 is 0.538. The number of morpholine rings is 1. The molecule has 5 rings (SSSR count). The van der Waals surface area contributed by atoms with Crippen LogP contribution in [0, 0.1) is 28.4 Å². The maximum absolute atomic E-state index is 11.6. The van der Waals surface area contributed by atoms with E-state index in [2.05, 4.69) is 20.9 Å². The summed E-state index contributed by atoms with van der Waals surface area (Å²) in [6.45, 7) is 4.25. The quantitative estimate of drug-likeness (QED) is 0.241. The van der Waals surface area contributed by atoms with Gasteiger partial charge in [-0.25, -0.2) is 14.8 Å². The SMILES string of the molecule is Cc1nc(-c2cc(-c3ccc(N4CCOCC4)cc3)nc(OCc3cc([N+](=O)[O-])sc3C(=O)O)c2C#N)co1. The van der Waals surface area contributed by atoms with E-state index in [4.69, 9.17) is 13.9 Å². The van der Waals surface area contributed by atoms with Gasteiger partial charge < -0.3 is 23.9 Å². The first-order chi connectivity index (χ1) is 18.8. The van der Waals surface area contributed by atoms with E-state index in [1.165, 1.54) is 6.26 Å². The average molecular weight is 548 g/mol. The number of nitrogens with zero attached hydrogens (tertiary/aromatic N) is 5. The topological polar surface area (TPSA) is 165 Å². The summed E-state index contributed by atoms with van der Waals surface area (Å²) in [4.78, 5) is 33.1. The van der Waals surface area contributed by atoms with Crippen LogP contribution in [0.3, 0.4) is 0 Å². The molecule has 0 unspecified atom stereocenters. The van der Waals surface area contributed by atoms with Gasteiger partial charge in [-0.15, -0.1) is 0 Å². The van der Waals surface area contributed by atoms with Crippen LogP contribution in [0.15, 0.2) is 47.1 Å². The Hall–Kier alpha value is -4.80. The number of benzene rings is 1. The molecule has 0 saturated carbocycles. The molecular weight excluding hydrogens is 526 g/mol. The zero-order chi connectivity index (χ0) is 27.5. The number of carboxylic acid groups (broad SMARTS) is 1. The van der Waals surface area contributed by atoms with Crippen molar-refractivity contribution in [2.45, 2.75) is 13.5 Å². The minimum absolute atomic E-state index is 0.0619. The van der Waals surface area contributed by atoms with Gasteiger partial charge in [0.1, 0.15) is 35.1 Å². The van der Waals surface area contributed by atoms with Crippen molar-refractivity contribution in [3.05, 3.63) is 74.7 Å². The molecule has 0 amide bonds. The number of carbonyl (C=O) groups is 1. The van der Waals surface area contributed by atoms with Crippen molar-refractivity contribution in [1.82, 2.24) is 9.97 Å². The zero-order valence-corrected chi connectivity index (χ0v) is 21.4. The van der Waals surface area contributed by atoms with Crippen LogP contribution >= 0.6 is 11.3 Å². The number of aromatic nitrogens is 2. The average Bonchev–Trinajstić information content (AvgIpc) is 3.59. The largest absolute Gasteiger partial charge is 0.477 e. The minimum Gasteiger partial charge on any atom is -0.477 e. The molecule has 198 valence electrons. The molecule has 0 aliphatic carbocycles. The van der Waals surface area contributed by atoms with Gasteiger partial charge >= 0.3 is 11.0 Å². The third kappa shape index (κ3) is 5.42. The number of hydrogen-bond donors (Lipinski definition) is 1. The second kappa shape index (κ2) is 10.9. The van der Waals surface area contributed by atoms with Crippen molar-refractivity contribution in [3.8, 4) is 34.5 Å². The van der Waals surface area contributed by atoms with Gasteiger partial charge in [-0.3, -0.25) is 10.1 Å². The Morgan fingerprint density at radius 1 is 1.23 bits per heavy atom. The van der Waals surface area contributed by atoms with Crippen molar-refractivity contribution in [2.24, 2.45) is 0 Å². The molecule has 0 atom stereocenters. The molecule has 0 radical (unpaired) electrons. The lowest BCUT2D eigenvalue weighted by atomic mass is 10.0. The van der Waals surface area contributed by atoms with Crippen molar-refractivity contribution in [3.63, 3.8) is 0 Å². The third-order valence-electron chi connectivity index (χ3n) is 6.07. The van der Waals surface area contributed by atoms with E-state index in [1.54, 1.807) is 13.0 Å². The van der Waals surface area contributed by atoms with E-state index >= 15 is 0 Å². The number of aryl methyl sites for hydroxylation is 1. The van der Waals surface area contributed by atoms with E-state index < -0.39 is 10.9 Å². The number of hydrogen-bond acceptors (Lipinski definition) is 11. The highest BCUT2D eigenvalue weighted by atomic mass is 32.1. The standard InChI is InChI=1S/C26H21N5O7S/c1-15-28-22(14-37-15)19-11-21(16-2-4-18(5-3-16)30-6-8-36-9-7-30)29-25(20(19)12-27)38-13-17-10-23(31(34)35)39-24(17)26(32)33/h2-5,10-11,14H,6-9,13H2,1H3,(H,32,33). The first-order valence-corrected chi connectivity index (χ1v) is 12.6. The molecule has 0 spiro atoms. The molecule has 1 N–H and O–H groups in total. The van der Waals surface area contributed by atoms with Crippen LogP contribution in [0.5, 0.6) is 5.88 Å². The molecule has 1 aliphatic rings. The van der Waals surface area contributed by atoms with Gasteiger partial charge in [0.25, 0.3) is 0 Å². The van der Waals surface area contributed by atoms with Crippen molar-refractivity contribution in [1.29, 1.82) is 5.26 Å². The molecule has 39 heavy (non-hydrogen) atoms. The maximum Gasteiger partial charge on any atom is 0.346 e. The molecule has 3 aromatic heterocycles. The van der Waals surface area contributed by atoms with Crippen LogP contribution in [0.25, 0.3) is 22.5 Å². The van der Waals surface area contributed by atoms with Crippen LogP contribution in [0.1, 0.15) is 26.7 Å². The number of carboxylic acids is 1. The fourth-order valence-electron chi connectivity index (χ4n) is 4.17. The van der Waals surface area contributed by atoms with Crippen molar-refractivity contribution < 1.29 is 28.7 Å². The molecule has 1 saturated heterocycles. The van der Waals surface area contributed by atoms with Gasteiger partial charge in [-0.2, -0.15) is 5.26 Å². The molecule has 1 aliphatic heterocycles. The molecule has 1 fully saturated rings. The Morgan fingerprint density at radius 3 is 2.59 bits per heavy atom. The van der Waals surface area contributed by atoms with Gasteiger partial charge in [0.05, 0.1) is 23.8 Å². The first-order valence-electron chi connectivity index (χ1n) is 11.8. The number of rotatable bonds is 8. The summed E-state index contributed by atoms with van der Waals surface area (Å²) in [5.41, 5.74) is 3.27. The molecular formula is C26H21N5O7S. The predicted octanol–water partition coefficient (Wildman–Crippen LogP) is 4.67. The van der Waals surface area contributed by atoms with E-state index in [0.717, 1.165) is 30.4 Å². The molecule has 0 bridgehead atoms. The lowest BCUT2D eigenvalue weighted by Gasteiger charge is -2.28. The first kappa shape index (κ1) is 25.8. The van der Waals surface area contributed by atoms with Gasteiger partial charge in [0, 0.05) is 48.5 Å². The molecule has 4 aromatic rings. The van der Waals surface area contributed by atoms with Crippen molar-refractivity contribution in [2.75, 3.05) is 31.2 Å². The van der Waals surface area contributed by atoms with Crippen LogP contribution in [0.2, 0.25) is 0 Å². The monoisotopic (exact) mass is 547 g/mol. The lowest BCUT2D eigenvalue weighted by molar-refractivity contribution is -0.380. The summed E-state index contributed by atoms with van der Waals surface area (Å²) < 4.78 is 16.6. The Morgan fingerprint density at radius 2 is 1.97 bits per heavy atom. The van der Waals surface area contributed by atoms with Gasteiger partial charge in [0.15, 0.2) is 5.89 Å². The fraction of sp³-hybridized carbons (Fsp3) is 0.231. The Bertz CT molecular complexity index is 1580. The molecule has 13 heteroatoms. The predicted molar refractivity (Wildman–Crippen MR) is 140 cm³/mol. The zero-order valence-electron chi connectivity index (χ0n) is 20.6. The summed E-state index contributed by atoms with van der Waals surface area (Å²) in [5.74, 6) is -0.970. The Labute approximate surface area is 225 Å². The van der Waals surface area contributed by atoms with Crippen molar-refractivity contribution >= 4 is 28.0 Å². The maximum atomic E-state index is 11.6. The molecule has 1 aromatic carbocycles. The molecule has 4 heterocycles. The number of aromatic carboxylic acids is 1. The van der Waals surface area contributed by atoms with E-state index in [9.17, 15) is 25.3 Å². The Kier molecular flexibility index (Phi) is 7.22. The smallest absolute Gasteiger partial charge is 0.346 e. The highest BCUT2D eigenvalue weighted by Gasteiger charge is 2.24. The number of oxazole rings is 1. The number of ether oxygens (including phenoxy) is 2. The summed E-state index contributed by atoms with van der Waals surface area (Å²) in [6.07, 6.45) is 1.42. The fourth-order valence-corrected chi connectivity index (χ4v) is 5.00. The van der Waals surface area contributed by atoms with Gasteiger partial charge in [-0.1, -0.05) is 23.5 Å². The van der Waals surface area contributed by atoms with Crippen LogP contribution in [0.4, 0.5) is 10.7 Å². The van der Waals surface area contributed by atoms with E-state index in [-0.39, 0.29) is 33.5 Å². The summed E-state index contributed by atoms with van der Waals surface area (Å²) in [5, 5.41) is 30.4. The second-order valence-electron chi connectivity index (χ2n) is 8.54. The number of pyridine rings is 1. The third-order valence-corrected chi connectivity index (χ3v) is 7.18. The molecule has 12 nitrogen and oxygen atoms in total. The normalized spacial score (nSPS) is 13.2. The van der Waals surface area contributed by atoms with Gasteiger partial charge in [0.2, 0.25) is 5.88 Å². The summed E-state index contributed by atoms with van der Waals surface area (Å²) in [7, 11) is 0. The van der Waals surface area contributed by atoms with Gasteiger partial charge in [-0.05, 0) is 18.2 Å². The van der Waals surface area contributed by atoms with Crippen LogP contribution in [-0.4, -0.2) is 52.3 Å². The number of nitro groups is 1. The number of anilines is 1. The Balaban J connectivity index is 1.54. The van der Waals surface area contributed by atoms with Crippen LogP contribution in [-0.2, 0) is 11.3 Å². The van der Waals surface area contributed by atoms with Crippen LogP contribution < -0.4 is 9.64 Å². The highest BCUT2D eigenvalue weighted by molar-refractivity contribution is 7.17. The van der Waals surface area contributed by atoms with E-state index in [0.29, 0.717) is 47.4 Å². The number of nitriles is 1. The lowest BCUT2D eigenvalue weighted by Crippen LogP contribution is -2.36. The summed E-state index contributed by atoms with van der Waals surface area (Å²) in [6, 6.07) is 12.7. The van der Waals surface area contributed by atoms with E-state index in [1.807, 2.05) is 24.3 Å². The highest BCUT2D eigenvalue weighted by Crippen LogP contribution is 2.35. The number of thiophene rings is 1.